The van der Waals surface area contributed by atoms with Gasteiger partial charge in [-0.1, -0.05) is 0 Å². The second-order valence-corrected chi connectivity index (χ2v) is 4.43. The van der Waals surface area contributed by atoms with E-state index in [1.807, 2.05) is 0 Å². The quantitative estimate of drug-likeness (QED) is 0.461. The molecule has 0 aliphatic rings. The summed E-state index contributed by atoms with van der Waals surface area (Å²) in [7, 11) is -1.97. The minimum absolute atomic E-state index is 0.526. The predicted octanol–water partition coefficient (Wildman–Crippen LogP) is -0.517. The zero-order valence-electron chi connectivity index (χ0n) is 8.14. The number of Topliss-reactive ketones (excluding diaryl/α,β-unsaturated/α-hetero) is 1. The fourth-order valence-corrected chi connectivity index (χ4v) is 1.78. The molecule has 7 heteroatoms. The molecule has 0 heterocycles. The van der Waals surface area contributed by atoms with E-state index in [-0.39, 0.29) is 0 Å². The summed E-state index contributed by atoms with van der Waals surface area (Å²) in [4.78, 5) is 21.7. The van der Waals surface area contributed by atoms with E-state index in [1.165, 1.54) is 0 Å². The van der Waals surface area contributed by atoms with Crippen molar-refractivity contribution in [1.29, 1.82) is 0 Å². The molecule has 1 unspecified atom stereocenters. The van der Waals surface area contributed by atoms with Gasteiger partial charge < -0.3 is 4.74 Å². The van der Waals surface area contributed by atoms with Gasteiger partial charge in [0.05, 0.1) is 20.6 Å². The number of ketones is 1. The van der Waals surface area contributed by atoms with Crippen LogP contribution in [0.1, 0.15) is 13.3 Å². The number of carbonyl (C=O) groups is 2. The van der Waals surface area contributed by atoms with Crippen LogP contribution in [-0.2, 0) is 28.6 Å². The highest BCUT2D eigenvalue weighted by atomic mass is 32.2. The molecule has 0 bridgehead atoms. The molecule has 0 aliphatic heterocycles. The molecule has 0 rings (SSSR count). The predicted molar refractivity (Wildman–Crippen MR) is 47.0 cm³/mol. The van der Waals surface area contributed by atoms with E-state index in [1.54, 1.807) is 0 Å². The number of methoxy groups -OCH3 is 1. The first-order valence-corrected chi connectivity index (χ1v) is 5.19. The molecule has 0 aromatic heterocycles. The van der Waals surface area contributed by atoms with Crippen molar-refractivity contribution in [3.8, 4) is 0 Å². The lowest BCUT2D eigenvalue weighted by Crippen LogP contribution is -2.32. The Hall–Kier alpha value is -0.950. The average Bonchev–Trinajstić information content (AvgIpc) is 2.12. The van der Waals surface area contributed by atoms with Crippen LogP contribution >= 0.6 is 0 Å². The molecular weight excluding hydrogens is 212 g/mol. The fraction of sp³-hybridized carbons (Fsp3) is 0.714. The van der Waals surface area contributed by atoms with Crippen molar-refractivity contribution in [2.45, 2.75) is 18.6 Å². The zero-order valence-corrected chi connectivity index (χ0v) is 8.96. The smallest absolute Gasteiger partial charge is 0.307 e. The summed E-state index contributed by atoms with van der Waals surface area (Å²) in [6.45, 7) is 1.07. The maximum Gasteiger partial charge on any atom is 0.307 e. The van der Waals surface area contributed by atoms with Crippen molar-refractivity contribution < 1.29 is 26.9 Å². The van der Waals surface area contributed by atoms with Crippen molar-refractivity contribution in [1.82, 2.24) is 0 Å². The third-order valence-corrected chi connectivity index (χ3v) is 3.27. The first-order valence-electron chi connectivity index (χ1n) is 3.72. The van der Waals surface area contributed by atoms with E-state index in [9.17, 15) is 18.0 Å². The Bertz CT molecular complexity index is 317. The molecule has 0 N–H and O–H groups in total. The normalized spacial score (nSPS) is 13.4. The molecule has 1 atom stereocenters. The third kappa shape index (κ3) is 3.43. The van der Waals surface area contributed by atoms with E-state index in [0.29, 0.717) is 0 Å². The van der Waals surface area contributed by atoms with Gasteiger partial charge in [-0.25, -0.2) is 0 Å². The van der Waals surface area contributed by atoms with Crippen LogP contribution in [0.15, 0.2) is 0 Å². The summed E-state index contributed by atoms with van der Waals surface area (Å²) in [5.41, 5.74) is 0. The summed E-state index contributed by atoms with van der Waals surface area (Å²) in [5, 5.41) is -1.49. The van der Waals surface area contributed by atoms with Gasteiger partial charge in [-0.3, -0.25) is 13.8 Å². The number of hydrogen-bond acceptors (Lipinski definition) is 6. The van der Waals surface area contributed by atoms with Gasteiger partial charge in [0.25, 0.3) is 10.1 Å². The highest BCUT2D eigenvalue weighted by Crippen LogP contribution is 2.09. The van der Waals surface area contributed by atoms with Crippen LogP contribution in [0.5, 0.6) is 0 Å². The van der Waals surface area contributed by atoms with E-state index < -0.39 is 33.5 Å². The molecule has 0 fully saturated rings. The lowest BCUT2D eigenvalue weighted by Gasteiger charge is -2.10. The van der Waals surface area contributed by atoms with Crippen LogP contribution in [0, 0.1) is 0 Å². The number of ether oxygens (including phenoxy) is 1. The van der Waals surface area contributed by atoms with Crippen molar-refractivity contribution >= 4 is 21.9 Å². The molecule has 0 amide bonds. The van der Waals surface area contributed by atoms with Gasteiger partial charge in [0.1, 0.15) is 0 Å². The molecule has 14 heavy (non-hydrogen) atoms. The lowest BCUT2D eigenvalue weighted by molar-refractivity contribution is -0.141. The SMILES string of the molecule is COC(=O)CC(C(C)=O)S(=O)(=O)OC. The Balaban J connectivity index is 4.80. The topological polar surface area (TPSA) is 86.7 Å². The molecule has 6 nitrogen and oxygen atoms in total. The minimum atomic E-state index is -4.02. The van der Waals surface area contributed by atoms with Gasteiger partial charge in [-0.05, 0) is 6.92 Å². The Morgan fingerprint density at radius 2 is 1.79 bits per heavy atom. The number of esters is 1. The van der Waals surface area contributed by atoms with E-state index in [0.717, 1.165) is 21.1 Å². The number of hydrogen-bond donors (Lipinski definition) is 0. The monoisotopic (exact) mass is 224 g/mol. The molecule has 0 saturated carbocycles. The van der Waals surface area contributed by atoms with Gasteiger partial charge in [0, 0.05) is 0 Å². The van der Waals surface area contributed by atoms with E-state index >= 15 is 0 Å². The largest absolute Gasteiger partial charge is 0.469 e. The van der Waals surface area contributed by atoms with Crippen molar-refractivity contribution in [3.63, 3.8) is 0 Å². The first-order chi connectivity index (χ1) is 6.35. The van der Waals surface area contributed by atoms with Crippen LogP contribution in [0.25, 0.3) is 0 Å². The summed E-state index contributed by atoms with van der Waals surface area (Å²) in [6.07, 6.45) is -0.526. The Labute approximate surface area is 82.3 Å². The summed E-state index contributed by atoms with van der Waals surface area (Å²) < 4.78 is 30.7. The molecule has 0 spiro atoms. The molecule has 0 aromatic rings. The molecule has 0 aromatic carbocycles. The molecule has 0 saturated heterocycles. The first kappa shape index (κ1) is 13.1. The van der Waals surface area contributed by atoms with Gasteiger partial charge in [0.15, 0.2) is 11.0 Å². The lowest BCUT2D eigenvalue weighted by atomic mass is 10.2. The number of rotatable bonds is 5. The third-order valence-electron chi connectivity index (χ3n) is 1.61. The van der Waals surface area contributed by atoms with Crippen molar-refractivity contribution in [2.24, 2.45) is 0 Å². The molecule has 0 aliphatic carbocycles. The van der Waals surface area contributed by atoms with Gasteiger partial charge in [-0.2, -0.15) is 8.42 Å². The summed E-state index contributed by atoms with van der Waals surface area (Å²) in [6, 6.07) is 0. The molecule has 0 radical (unpaired) electrons. The molecule has 82 valence electrons. The van der Waals surface area contributed by atoms with E-state index in [2.05, 4.69) is 8.92 Å². The van der Waals surface area contributed by atoms with Crippen LogP contribution in [-0.4, -0.2) is 39.6 Å². The maximum atomic E-state index is 11.1. The second kappa shape index (κ2) is 5.06. The van der Waals surface area contributed by atoms with E-state index in [4.69, 9.17) is 0 Å². The molecular formula is C7H12O6S. The standard InChI is InChI=1S/C7H12O6S/c1-5(8)6(4-7(9)12-2)14(10,11)13-3/h6H,4H2,1-3H3. The summed E-state index contributed by atoms with van der Waals surface area (Å²) in [5.74, 6) is -1.43. The fourth-order valence-electron chi connectivity index (χ4n) is 0.800. The summed E-state index contributed by atoms with van der Waals surface area (Å²) >= 11 is 0. The van der Waals surface area contributed by atoms with Gasteiger partial charge in [-0.15, -0.1) is 0 Å². The Morgan fingerprint density at radius 3 is 2.07 bits per heavy atom. The average molecular weight is 224 g/mol. The van der Waals surface area contributed by atoms with Crippen molar-refractivity contribution in [2.75, 3.05) is 14.2 Å². The van der Waals surface area contributed by atoms with Crippen LogP contribution in [0.4, 0.5) is 0 Å². The van der Waals surface area contributed by atoms with Crippen LogP contribution in [0.3, 0.4) is 0 Å². The second-order valence-electron chi connectivity index (χ2n) is 2.54. The van der Waals surface area contributed by atoms with Crippen LogP contribution in [0.2, 0.25) is 0 Å². The minimum Gasteiger partial charge on any atom is -0.469 e. The Morgan fingerprint density at radius 1 is 1.29 bits per heavy atom. The van der Waals surface area contributed by atoms with Gasteiger partial charge >= 0.3 is 5.97 Å². The maximum absolute atomic E-state index is 11.1. The highest BCUT2D eigenvalue weighted by molar-refractivity contribution is 7.88. The highest BCUT2D eigenvalue weighted by Gasteiger charge is 2.32. The van der Waals surface area contributed by atoms with Gasteiger partial charge in [0.2, 0.25) is 0 Å². The van der Waals surface area contributed by atoms with Crippen molar-refractivity contribution in [3.05, 3.63) is 0 Å². The van der Waals surface area contributed by atoms with Crippen LogP contribution < -0.4 is 0 Å². The number of carbonyl (C=O) groups excluding carboxylic acids is 2. The Kier molecular flexibility index (Phi) is 4.72. The zero-order chi connectivity index (χ0) is 11.4.